The molecule has 0 spiro atoms. The van der Waals surface area contributed by atoms with Gasteiger partial charge in [-0.2, -0.15) is 5.10 Å². The Morgan fingerprint density at radius 1 is 1.26 bits per heavy atom. The molecule has 118 valence electrons. The number of benzene rings is 1. The van der Waals surface area contributed by atoms with Crippen molar-refractivity contribution < 1.29 is 9.66 Å². The van der Waals surface area contributed by atoms with Crippen LogP contribution < -0.4 is 4.74 Å². The van der Waals surface area contributed by atoms with Gasteiger partial charge in [-0.3, -0.25) is 14.8 Å². The molecule has 3 rings (SSSR count). The van der Waals surface area contributed by atoms with E-state index in [-0.39, 0.29) is 11.8 Å². The number of pyridine rings is 1. The minimum absolute atomic E-state index is 0.0412. The van der Waals surface area contributed by atoms with Crippen molar-refractivity contribution in [2.24, 2.45) is 7.05 Å². The van der Waals surface area contributed by atoms with Crippen molar-refractivity contribution in [3.63, 3.8) is 0 Å². The summed E-state index contributed by atoms with van der Waals surface area (Å²) in [6, 6.07) is 8.34. The van der Waals surface area contributed by atoms with Gasteiger partial charge < -0.3 is 4.74 Å². The van der Waals surface area contributed by atoms with Crippen LogP contribution in [0.5, 0.6) is 5.88 Å². The number of fused-ring (bicyclic) bond motifs is 1. The fraction of sp³-hybridized carbons (Fsp3) is 0.250. The Morgan fingerprint density at radius 2 is 2.04 bits per heavy atom. The lowest BCUT2D eigenvalue weighted by Gasteiger charge is -2.08. The van der Waals surface area contributed by atoms with Gasteiger partial charge in [-0.15, -0.1) is 0 Å². The Balaban J connectivity index is 2.08. The summed E-state index contributed by atoms with van der Waals surface area (Å²) in [5.41, 5.74) is 2.31. The molecule has 23 heavy (non-hydrogen) atoms. The Labute approximate surface area is 132 Å². The van der Waals surface area contributed by atoms with Gasteiger partial charge in [-0.1, -0.05) is 0 Å². The average Bonchev–Trinajstić information content (AvgIpc) is 2.84. The minimum atomic E-state index is -0.409. The van der Waals surface area contributed by atoms with Crippen molar-refractivity contribution in [2.75, 3.05) is 0 Å². The van der Waals surface area contributed by atoms with Gasteiger partial charge in [0.05, 0.1) is 16.5 Å². The summed E-state index contributed by atoms with van der Waals surface area (Å²) in [5, 5.41) is 16.2. The SMILES string of the molecule is CC(C)Oc1ccc(-c2nn(C)c3ccc([N+](=O)[O-])cc23)cn1. The number of nitro benzene ring substituents is 1. The zero-order chi connectivity index (χ0) is 16.6. The molecule has 0 aliphatic carbocycles. The van der Waals surface area contributed by atoms with Crippen LogP contribution in [0, 0.1) is 10.1 Å². The first kappa shape index (κ1) is 15.0. The van der Waals surface area contributed by atoms with Crippen LogP contribution in [-0.2, 0) is 7.05 Å². The second kappa shape index (κ2) is 5.68. The van der Waals surface area contributed by atoms with Crippen molar-refractivity contribution in [3.05, 3.63) is 46.6 Å². The molecular formula is C16H16N4O3. The molecule has 0 atom stereocenters. The van der Waals surface area contributed by atoms with Crippen LogP contribution in [0.15, 0.2) is 36.5 Å². The number of nitro groups is 1. The number of ether oxygens (including phenoxy) is 1. The third-order valence-electron chi connectivity index (χ3n) is 3.41. The molecule has 0 fully saturated rings. The quantitative estimate of drug-likeness (QED) is 0.545. The first-order valence-corrected chi connectivity index (χ1v) is 7.20. The van der Waals surface area contributed by atoms with E-state index < -0.39 is 4.92 Å². The predicted molar refractivity (Wildman–Crippen MR) is 86.4 cm³/mol. The molecule has 0 bridgehead atoms. The molecular weight excluding hydrogens is 296 g/mol. The van der Waals surface area contributed by atoms with Crippen LogP contribution in [0.25, 0.3) is 22.2 Å². The second-order valence-corrected chi connectivity index (χ2v) is 5.48. The highest BCUT2D eigenvalue weighted by molar-refractivity contribution is 5.94. The van der Waals surface area contributed by atoms with Crippen molar-refractivity contribution in [2.45, 2.75) is 20.0 Å². The molecule has 0 N–H and O–H groups in total. The monoisotopic (exact) mass is 312 g/mol. The lowest BCUT2D eigenvalue weighted by atomic mass is 10.1. The zero-order valence-electron chi connectivity index (χ0n) is 13.1. The Hall–Kier alpha value is -2.96. The van der Waals surface area contributed by atoms with Crippen LogP contribution in [0.4, 0.5) is 5.69 Å². The third-order valence-corrected chi connectivity index (χ3v) is 3.41. The fourth-order valence-corrected chi connectivity index (χ4v) is 2.41. The van der Waals surface area contributed by atoms with E-state index in [0.717, 1.165) is 16.5 Å². The molecule has 0 radical (unpaired) electrons. The lowest BCUT2D eigenvalue weighted by molar-refractivity contribution is -0.384. The van der Waals surface area contributed by atoms with E-state index in [4.69, 9.17) is 4.74 Å². The Bertz CT molecular complexity index is 869. The molecule has 0 aliphatic rings. The maximum atomic E-state index is 11.0. The summed E-state index contributed by atoms with van der Waals surface area (Å²) in [6.45, 7) is 3.86. The van der Waals surface area contributed by atoms with Crippen LogP contribution in [-0.4, -0.2) is 25.8 Å². The molecule has 2 heterocycles. The van der Waals surface area contributed by atoms with Crippen molar-refractivity contribution in [3.8, 4) is 17.1 Å². The van der Waals surface area contributed by atoms with Crippen LogP contribution in [0.3, 0.4) is 0 Å². The molecule has 0 aliphatic heterocycles. The number of aryl methyl sites for hydroxylation is 1. The highest BCUT2D eigenvalue weighted by atomic mass is 16.6. The first-order valence-electron chi connectivity index (χ1n) is 7.20. The molecule has 2 aromatic heterocycles. The van der Waals surface area contributed by atoms with Crippen LogP contribution >= 0.6 is 0 Å². The van der Waals surface area contributed by atoms with Gasteiger partial charge in [0.15, 0.2) is 0 Å². The van der Waals surface area contributed by atoms with Crippen molar-refractivity contribution in [1.82, 2.24) is 14.8 Å². The summed E-state index contributed by atoms with van der Waals surface area (Å²) >= 11 is 0. The van der Waals surface area contributed by atoms with Gasteiger partial charge in [-0.25, -0.2) is 4.98 Å². The first-order chi connectivity index (χ1) is 11.0. The Kier molecular flexibility index (Phi) is 3.69. The molecule has 0 unspecified atom stereocenters. The molecule has 3 aromatic rings. The van der Waals surface area contributed by atoms with Gasteiger partial charge in [0.2, 0.25) is 5.88 Å². The summed E-state index contributed by atoms with van der Waals surface area (Å²) in [4.78, 5) is 14.9. The number of nitrogens with zero attached hydrogens (tertiary/aromatic N) is 4. The van der Waals surface area contributed by atoms with E-state index in [1.807, 2.05) is 19.9 Å². The standard InChI is InChI=1S/C16H16N4O3/c1-10(2)23-15-7-4-11(9-17-15)16-13-8-12(20(21)22)5-6-14(13)19(3)18-16/h4-10H,1-3H3. The fourth-order valence-electron chi connectivity index (χ4n) is 2.41. The highest BCUT2D eigenvalue weighted by Crippen LogP contribution is 2.30. The minimum Gasteiger partial charge on any atom is -0.475 e. The summed E-state index contributed by atoms with van der Waals surface area (Å²) in [6.07, 6.45) is 1.71. The molecule has 0 saturated heterocycles. The smallest absolute Gasteiger partial charge is 0.270 e. The second-order valence-electron chi connectivity index (χ2n) is 5.48. The van der Waals surface area contributed by atoms with E-state index in [9.17, 15) is 10.1 Å². The van der Waals surface area contributed by atoms with Gasteiger partial charge >= 0.3 is 0 Å². The average molecular weight is 312 g/mol. The van der Waals surface area contributed by atoms with E-state index >= 15 is 0 Å². The van der Waals surface area contributed by atoms with Gasteiger partial charge in [0.25, 0.3) is 5.69 Å². The Morgan fingerprint density at radius 3 is 2.65 bits per heavy atom. The normalized spacial score (nSPS) is 11.1. The number of rotatable bonds is 4. The maximum Gasteiger partial charge on any atom is 0.270 e. The lowest BCUT2D eigenvalue weighted by Crippen LogP contribution is -2.06. The van der Waals surface area contributed by atoms with E-state index in [1.165, 1.54) is 12.1 Å². The summed E-state index contributed by atoms with van der Waals surface area (Å²) < 4.78 is 7.22. The van der Waals surface area contributed by atoms with Crippen LogP contribution in [0.2, 0.25) is 0 Å². The highest BCUT2D eigenvalue weighted by Gasteiger charge is 2.15. The largest absolute Gasteiger partial charge is 0.475 e. The maximum absolute atomic E-state index is 11.0. The van der Waals surface area contributed by atoms with Crippen molar-refractivity contribution >= 4 is 16.6 Å². The van der Waals surface area contributed by atoms with Crippen molar-refractivity contribution in [1.29, 1.82) is 0 Å². The number of non-ortho nitro benzene ring substituents is 1. The molecule has 0 amide bonds. The molecule has 0 saturated carbocycles. The predicted octanol–water partition coefficient (Wildman–Crippen LogP) is 3.33. The van der Waals surface area contributed by atoms with E-state index in [0.29, 0.717) is 11.6 Å². The topological polar surface area (TPSA) is 83.1 Å². The molecule has 7 nitrogen and oxygen atoms in total. The van der Waals surface area contributed by atoms with Gasteiger partial charge in [-0.05, 0) is 26.0 Å². The summed E-state index contributed by atoms with van der Waals surface area (Å²) in [7, 11) is 1.81. The molecule has 1 aromatic carbocycles. The number of hydrogen-bond acceptors (Lipinski definition) is 5. The van der Waals surface area contributed by atoms with Crippen LogP contribution in [0.1, 0.15) is 13.8 Å². The van der Waals surface area contributed by atoms with Gasteiger partial charge in [0, 0.05) is 42.4 Å². The van der Waals surface area contributed by atoms with E-state index in [2.05, 4.69) is 10.1 Å². The third kappa shape index (κ3) is 2.85. The van der Waals surface area contributed by atoms with Gasteiger partial charge in [0.1, 0.15) is 5.69 Å². The summed E-state index contributed by atoms with van der Waals surface area (Å²) in [5.74, 6) is 0.537. The zero-order valence-corrected chi connectivity index (χ0v) is 13.1. The number of aromatic nitrogens is 3. The molecule has 7 heteroatoms. The number of hydrogen-bond donors (Lipinski definition) is 0. The van der Waals surface area contributed by atoms with E-state index in [1.54, 1.807) is 30.1 Å².